The van der Waals surface area contributed by atoms with Crippen LogP contribution in [0.15, 0.2) is 48.2 Å². The molecule has 0 spiro atoms. The van der Waals surface area contributed by atoms with Crippen LogP contribution in [0.1, 0.15) is 5.56 Å². The van der Waals surface area contributed by atoms with Gasteiger partial charge in [-0.3, -0.25) is 9.69 Å². The van der Waals surface area contributed by atoms with Crippen LogP contribution in [0.5, 0.6) is 0 Å². The molecule has 0 bridgehead atoms. The van der Waals surface area contributed by atoms with E-state index in [0.29, 0.717) is 5.70 Å². The van der Waals surface area contributed by atoms with E-state index in [1.54, 1.807) is 12.2 Å². The third-order valence-electron chi connectivity index (χ3n) is 2.43. The molecule has 1 N–H and O–H groups in total. The number of hydrogen-bond donors (Lipinski definition) is 1. The molecule has 0 atom stereocenters. The van der Waals surface area contributed by atoms with E-state index in [1.165, 1.54) is 7.05 Å². The highest BCUT2D eigenvalue weighted by Crippen LogP contribution is 2.08. The van der Waals surface area contributed by atoms with Gasteiger partial charge in [0.15, 0.2) is 0 Å². The van der Waals surface area contributed by atoms with E-state index in [-0.39, 0.29) is 5.91 Å². The van der Waals surface area contributed by atoms with Gasteiger partial charge in [-0.2, -0.15) is 0 Å². The predicted molar refractivity (Wildman–Crippen MR) is 64.9 cm³/mol. The van der Waals surface area contributed by atoms with E-state index in [4.69, 9.17) is 0 Å². The van der Waals surface area contributed by atoms with Crippen molar-refractivity contribution in [2.75, 3.05) is 7.05 Å². The number of rotatable bonds is 2. The molecule has 0 saturated carbocycles. The number of amides is 3. The Morgan fingerprint density at radius 3 is 2.47 bits per heavy atom. The monoisotopic (exact) mass is 228 g/mol. The molecule has 1 aromatic carbocycles. The normalized spacial score (nSPS) is 18.2. The average molecular weight is 228 g/mol. The number of carbonyl (C=O) groups is 2. The molecule has 4 heteroatoms. The topological polar surface area (TPSA) is 49.4 Å². The third kappa shape index (κ3) is 2.42. The SMILES string of the molecule is CN1C(=O)NC(=CC=Cc2ccccc2)C1=O. The van der Waals surface area contributed by atoms with E-state index in [2.05, 4.69) is 5.32 Å². The second-order valence-corrected chi connectivity index (χ2v) is 3.64. The van der Waals surface area contributed by atoms with Crippen molar-refractivity contribution >= 4 is 18.0 Å². The van der Waals surface area contributed by atoms with Crippen LogP contribution < -0.4 is 5.32 Å². The first-order valence-corrected chi connectivity index (χ1v) is 5.21. The van der Waals surface area contributed by atoms with Gasteiger partial charge in [-0.25, -0.2) is 4.79 Å². The zero-order chi connectivity index (χ0) is 12.3. The third-order valence-corrected chi connectivity index (χ3v) is 2.43. The highest BCUT2D eigenvalue weighted by molar-refractivity contribution is 6.11. The smallest absolute Gasteiger partial charge is 0.303 e. The Kier molecular flexibility index (Phi) is 3.05. The largest absolute Gasteiger partial charge is 0.328 e. The minimum atomic E-state index is -0.394. The standard InChI is InChI=1S/C13H12N2O2/c1-15-12(16)11(14-13(15)17)9-5-8-10-6-3-2-4-7-10/h2-9H,1H3,(H,14,17). The molecule has 1 saturated heterocycles. The number of benzene rings is 1. The highest BCUT2D eigenvalue weighted by Gasteiger charge is 2.29. The van der Waals surface area contributed by atoms with E-state index in [1.807, 2.05) is 36.4 Å². The van der Waals surface area contributed by atoms with Crippen LogP contribution in [-0.2, 0) is 4.79 Å². The van der Waals surface area contributed by atoms with Gasteiger partial charge in [-0.05, 0) is 11.6 Å². The molecule has 1 aliphatic heterocycles. The van der Waals surface area contributed by atoms with Crippen LogP contribution in [0, 0.1) is 0 Å². The van der Waals surface area contributed by atoms with Crippen molar-refractivity contribution in [3.8, 4) is 0 Å². The number of hydrogen-bond acceptors (Lipinski definition) is 2. The van der Waals surface area contributed by atoms with Gasteiger partial charge in [-0.1, -0.05) is 42.5 Å². The number of nitrogens with one attached hydrogen (secondary N) is 1. The lowest BCUT2D eigenvalue weighted by Gasteiger charge is -1.99. The van der Waals surface area contributed by atoms with E-state index < -0.39 is 6.03 Å². The number of carbonyl (C=O) groups excluding carboxylic acids is 2. The fourth-order valence-electron chi connectivity index (χ4n) is 1.46. The molecule has 2 rings (SSSR count). The number of likely N-dealkylation sites (N-methyl/N-ethyl adjacent to an activating group) is 1. The van der Waals surface area contributed by atoms with Gasteiger partial charge in [0.1, 0.15) is 5.70 Å². The lowest BCUT2D eigenvalue weighted by atomic mass is 10.2. The minimum absolute atomic E-state index is 0.296. The molecule has 1 aliphatic rings. The first-order valence-electron chi connectivity index (χ1n) is 5.21. The molecule has 0 aliphatic carbocycles. The molecule has 0 radical (unpaired) electrons. The van der Waals surface area contributed by atoms with E-state index in [0.717, 1.165) is 10.5 Å². The highest BCUT2D eigenvalue weighted by atomic mass is 16.2. The molecule has 17 heavy (non-hydrogen) atoms. The summed E-state index contributed by atoms with van der Waals surface area (Å²) < 4.78 is 0. The first kappa shape index (κ1) is 11.1. The van der Waals surface area contributed by atoms with Gasteiger partial charge in [-0.15, -0.1) is 0 Å². The summed E-state index contributed by atoms with van der Waals surface area (Å²) in [4.78, 5) is 23.7. The maximum atomic E-state index is 11.5. The molecule has 3 amide bonds. The van der Waals surface area contributed by atoms with Crippen LogP contribution in [0.3, 0.4) is 0 Å². The van der Waals surface area contributed by atoms with Crippen molar-refractivity contribution in [3.63, 3.8) is 0 Å². The van der Waals surface area contributed by atoms with Crippen LogP contribution >= 0.6 is 0 Å². The zero-order valence-electron chi connectivity index (χ0n) is 9.38. The van der Waals surface area contributed by atoms with E-state index in [9.17, 15) is 9.59 Å². The Bertz CT molecular complexity index is 503. The molecule has 0 unspecified atom stereocenters. The van der Waals surface area contributed by atoms with Crippen molar-refractivity contribution in [1.29, 1.82) is 0 Å². The van der Waals surface area contributed by atoms with E-state index >= 15 is 0 Å². The Morgan fingerprint density at radius 2 is 1.88 bits per heavy atom. The van der Waals surface area contributed by atoms with Crippen LogP contribution in [0.2, 0.25) is 0 Å². The van der Waals surface area contributed by atoms with Crippen molar-refractivity contribution in [1.82, 2.24) is 10.2 Å². The minimum Gasteiger partial charge on any atom is -0.303 e. The second kappa shape index (κ2) is 4.65. The van der Waals surface area contributed by atoms with Gasteiger partial charge in [0.25, 0.3) is 5.91 Å². The maximum absolute atomic E-state index is 11.5. The Morgan fingerprint density at radius 1 is 1.18 bits per heavy atom. The molecule has 1 aromatic rings. The Labute approximate surface area is 99.2 Å². The summed E-state index contributed by atoms with van der Waals surface area (Å²) in [5, 5.41) is 2.49. The Balaban J connectivity index is 2.10. The van der Waals surface area contributed by atoms with Crippen molar-refractivity contribution in [2.45, 2.75) is 0 Å². The molecular formula is C13H12N2O2. The van der Waals surface area contributed by atoms with Crippen molar-refractivity contribution in [3.05, 3.63) is 53.7 Å². The van der Waals surface area contributed by atoms with Gasteiger partial charge in [0.2, 0.25) is 0 Å². The maximum Gasteiger partial charge on any atom is 0.328 e. The van der Waals surface area contributed by atoms with Gasteiger partial charge >= 0.3 is 6.03 Å². The molecule has 1 fully saturated rings. The average Bonchev–Trinajstić information content (AvgIpc) is 2.59. The lowest BCUT2D eigenvalue weighted by Crippen LogP contribution is -2.25. The second-order valence-electron chi connectivity index (χ2n) is 3.64. The summed E-state index contributed by atoms with van der Waals surface area (Å²) in [5.41, 5.74) is 1.33. The van der Waals surface area contributed by atoms with Crippen LogP contribution in [0.4, 0.5) is 4.79 Å². The van der Waals surface area contributed by atoms with Crippen molar-refractivity contribution in [2.24, 2.45) is 0 Å². The summed E-state index contributed by atoms with van der Waals surface area (Å²) >= 11 is 0. The fourth-order valence-corrected chi connectivity index (χ4v) is 1.46. The lowest BCUT2D eigenvalue weighted by molar-refractivity contribution is -0.122. The summed E-state index contributed by atoms with van der Waals surface area (Å²) in [5.74, 6) is -0.312. The summed E-state index contributed by atoms with van der Waals surface area (Å²) in [7, 11) is 1.44. The molecule has 0 aromatic heterocycles. The summed E-state index contributed by atoms with van der Waals surface area (Å²) in [6, 6.07) is 9.32. The molecule has 4 nitrogen and oxygen atoms in total. The first-order chi connectivity index (χ1) is 8.18. The van der Waals surface area contributed by atoms with Gasteiger partial charge in [0.05, 0.1) is 0 Å². The van der Waals surface area contributed by atoms with Crippen molar-refractivity contribution < 1.29 is 9.59 Å². The Hall–Kier alpha value is -2.36. The van der Waals surface area contributed by atoms with Gasteiger partial charge < -0.3 is 5.32 Å². The molecule has 1 heterocycles. The fraction of sp³-hybridized carbons (Fsp3) is 0.0769. The molecule has 86 valence electrons. The zero-order valence-corrected chi connectivity index (χ0v) is 9.38. The predicted octanol–water partition coefficient (Wildman–Crippen LogP) is 1.77. The molecular weight excluding hydrogens is 216 g/mol. The number of allylic oxidation sites excluding steroid dienone is 2. The van der Waals surface area contributed by atoms with Crippen LogP contribution in [-0.4, -0.2) is 23.9 Å². The number of urea groups is 1. The summed E-state index contributed by atoms with van der Waals surface area (Å²) in [6.07, 6.45) is 5.20. The van der Waals surface area contributed by atoms with Gasteiger partial charge in [0, 0.05) is 7.05 Å². The number of nitrogens with zero attached hydrogens (tertiary/aromatic N) is 1. The quantitative estimate of drug-likeness (QED) is 0.619. The van der Waals surface area contributed by atoms with Crippen LogP contribution in [0.25, 0.3) is 6.08 Å². The summed E-state index contributed by atoms with van der Waals surface area (Å²) in [6.45, 7) is 0. The number of imide groups is 1.